The maximum atomic E-state index is 11.4. The molecule has 0 aliphatic carbocycles. The molecule has 1 aromatic heterocycles. The molecule has 0 unspecified atom stereocenters. The number of carbonyl (C=O) groups excluding carboxylic acids is 1. The molecule has 14 heavy (non-hydrogen) atoms. The lowest BCUT2D eigenvalue weighted by molar-refractivity contribution is 0.103. The van der Waals surface area contributed by atoms with Crippen LogP contribution in [0.15, 0.2) is 30.7 Å². The average Bonchev–Trinajstić information content (AvgIpc) is 2.19. The van der Waals surface area contributed by atoms with Gasteiger partial charge in [-0.3, -0.25) is 9.78 Å². The summed E-state index contributed by atoms with van der Waals surface area (Å²) in [7, 11) is 0. The standard InChI is InChI=1S/C10H10ClNO2/c1-2-14-6-5-10(13)9-4-3-8(11)7-12-9/h3-7H,2H2,1H3/b6-5+. The lowest BCUT2D eigenvalue weighted by Gasteiger charge is -1.95. The third kappa shape index (κ3) is 3.18. The quantitative estimate of drug-likeness (QED) is 0.436. The number of allylic oxidation sites excluding steroid dienone is 1. The van der Waals surface area contributed by atoms with Crippen molar-refractivity contribution in [3.05, 3.63) is 41.4 Å². The van der Waals surface area contributed by atoms with Gasteiger partial charge in [0.15, 0.2) is 0 Å². The van der Waals surface area contributed by atoms with Gasteiger partial charge in [-0.05, 0) is 19.1 Å². The van der Waals surface area contributed by atoms with Crippen molar-refractivity contribution in [3.63, 3.8) is 0 Å². The van der Waals surface area contributed by atoms with E-state index in [0.717, 1.165) is 0 Å². The zero-order chi connectivity index (χ0) is 10.4. The highest BCUT2D eigenvalue weighted by atomic mass is 35.5. The molecule has 0 amide bonds. The smallest absolute Gasteiger partial charge is 0.207 e. The monoisotopic (exact) mass is 211 g/mol. The molecule has 1 heterocycles. The number of nitrogens with zero attached hydrogens (tertiary/aromatic N) is 1. The van der Waals surface area contributed by atoms with E-state index in [1.54, 1.807) is 12.1 Å². The van der Waals surface area contributed by atoms with Crippen molar-refractivity contribution in [2.75, 3.05) is 6.61 Å². The molecular formula is C10H10ClNO2. The molecule has 0 N–H and O–H groups in total. The Hall–Kier alpha value is -1.35. The Balaban J connectivity index is 2.65. The first-order valence-corrected chi connectivity index (χ1v) is 4.56. The fourth-order valence-corrected chi connectivity index (χ4v) is 0.925. The van der Waals surface area contributed by atoms with E-state index in [0.29, 0.717) is 17.3 Å². The topological polar surface area (TPSA) is 39.2 Å². The van der Waals surface area contributed by atoms with Crippen LogP contribution in [0.2, 0.25) is 5.02 Å². The van der Waals surface area contributed by atoms with Gasteiger partial charge in [-0.15, -0.1) is 0 Å². The van der Waals surface area contributed by atoms with E-state index in [1.807, 2.05) is 6.92 Å². The van der Waals surface area contributed by atoms with E-state index in [9.17, 15) is 4.79 Å². The number of rotatable bonds is 4. The van der Waals surface area contributed by atoms with Crippen LogP contribution in [0.25, 0.3) is 0 Å². The lowest BCUT2D eigenvalue weighted by Crippen LogP contribution is -1.97. The van der Waals surface area contributed by atoms with Crippen LogP contribution in [0, 0.1) is 0 Å². The predicted octanol–water partition coefficient (Wildman–Crippen LogP) is 2.47. The molecule has 0 saturated heterocycles. The lowest BCUT2D eigenvalue weighted by atomic mass is 10.2. The number of ether oxygens (including phenoxy) is 1. The van der Waals surface area contributed by atoms with E-state index in [4.69, 9.17) is 16.3 Å². The summed E-state index contributed by atoms with van der Waals surface area (Å²) in [5.41, 5.74) is 0.352. The van der Waals surface area contributed by atoms with Crippen LogP contribution < -0.4 is 0 Å². The molecule has 0 aliphatic heterocycles. The van der Waals surface area contributed by atoms with Gasteiger partial charge in [-0.25, -0.2) is 0 Å². The van der Waals surface area contributed by atoms with Crippen LogP contribution in [0.3, 0.4) is 0 Å². The van der Waals surface area contributed by atoms with Crippen LogP contribution in [0.4, 0.5) is 0 Å². The molecule has 3 nitrogen and oxygen atoms in total. The molecular weight excluding hydrogens is 202 g/mol. The molecule has 1 rings (SSSR count). The molecule has 0 saturated carbocycles. The Bertz CT molecular complexity index is 332. The zero-order valence-corrected chi connectivity index (χ0v) is 8.49. The first kappa shape index (κ1) is 10.7. The van der Waals surface area contributed by atoms with Crippen molar-refractivity contribution in [3.8, 4) is 0 Å². The summed E-state index contributed by atoms with van der Waals surface area (Å²) >= 11 is 5.63. The van der Waals surface area contributed by atoms with Gasteiger partial charge < -0.3 is 4.74 Å². The first-order chi connectivity index (χ1) is 6.74. The summed E-state index contributed by atoms with van der Waals surface area (Å²) in [5, 5.41) is 0.510. The third-order valence-corrected chi connectivity index (χ3v) is 1.69. The Morgan fingerprint density at radius 1 is 1.64 bits per heavy atom. The van der Waals surface area contributed by atoms with Gasteiger partial charge in [0.05, 0.1) is 17.9 Å². The molecule has 4 heteroatoms. The summed E-state index contributed by atoms with van der Waals surface area (Å²) < 4.78 is 4.89. The molecule has 0 fully saturated rings. The summed E-state index contributed by atoms with van der Waals surface area (Å²) in [5.74, 6) is -0.199. The Morgan fingerprint density at radius 3 is 3.00 bits per heavy atom. The van der Waals surface area contributed by atoms with Crippen molar-refractivity contribution in [2.45, 2.75) is 6.92 Å². The average molecular weight is 212 g/mol. The van der Waals surface area contributed by atoms with Crippen LogP contribution in [0.1, 0.15) is 17.4 Å². The Morgan fingerprint density at radius 2 is 2.43 bits per heavy atom. The van der Waals surface area contributed by atoms with Gasteiger partial charge in [0.25, 0.3) is 0 Å². The summed E-state index contributed by atoms with van der Waals surface area (Å²) in [6, 6.07) is 3.19. The second kappa shape index (κ2) is 5.40. The first-order valence-electron chi connectivity index (χ1n) is 4.18. The highest BCUT2D eigenvalue weighted by Crippen LogP contribution is 2.06. The van der Waals surface area contributed by atoms with Crippen molar-refractivity contribution >= 4 is 17.4 Å². The normalized spacial score (nSPS) is 10.4. The second-order valence-corrected chi connectivity index (χ2v) is 2.92. The molecule has 0 aliphatic rings. The van der Waals surface area contributed by atoms with Crippen LogP contribution in [-0.2, 0) is 4.74 Å². The van der Waals surface area contributed by atoms with Crippen LogP contribution in [-0.4, -0.2) is 17.4 Å². The summed E-state index contributed by atoms with van der Waals surface area (Å²) in [6.07, 6.45) is 4.13. The maximum Gasteiger partial charge on any atom is 0.207 e. The summed E-state index contributed by atoms with van der Waals surface area (Å²) in [4.78, 5) is 15.2. The van der Waals surface area contributed by atoms with E-state index in [1.165, 1.54) is 18.5 Å². The molecule has 74 valence electrons. The minimum atomic E-state index is -0.199. The Kier molecular flexibility index (Phi) is 4.13. The second-order valence-electron chi connectivity index (χ2n) is 2.48. The van der Waals surface area contributed by atoms with E-state index in [2.05, 4.69) is 4.98 Å². The number of ketones is 1. The van der Waals surface area contributed by atoms with Crippen molar-refractivity contribution < 1.29 is 9.53 Å². The molecule has 0 radical (unpaired) electrons. The van der Waals surface area contributed by atoms with Crippen molar-refractivity contribution in [1.82, 2.24) is 4.98 Å². The zero-order valence-electron chi connectivity index (χ0n) is 7.74. The minimum absolute atomic E-state index is 0.199. The van der Waals surface area contributed by atoms with Crippen LogP contribution >= 0.6 is 11.6 Å². The predicted molar refractivity (Wildman–Crippen MR) is 54.3 cm³/mol. The fourth-order valence-electron chi connectivity index (χ4n) is 0.813. The van der Waals surface area contributed by atoms with Gasteiger partial charge in [-0.1, -0.05) is 11.6 Å². The van der Waals surface area contributed by atoms with Crippen LogP contribution in [0.5, 0.6) is 0 Å². The van der Waals surface area contributed by atoms with E-state index >= 15 is 0 Å². The van der Waals surface area contributed by atoms with Gasteiger partial charge in [0.2, 0.25) is 5.78 Å². The number of hydrogen-bond acceptors (Lipinski definition) is 3. The molecule has 1 aromatic rings. The minimum Gasteiger partial charge on any atom is -0.501 e. The fraction of sp³-hybridized carbons (Fsp3) is 0.200. The molecule has 0 atom stereocenters. The molecule has 0 spiro atoms. The van der Waals surface area contributed by atoms with Gasteiger partial charge in [0, 0.05) is 12.3 Å². The Labute approximate surface area is 87.4 Å². The van der Waals surface area contributed by atoms with Crippen molar-refractivity contribution in [2.24, 2.45) is 0 Å². The number of pyridine rings is 1. The van der Waals surface area contributed by atoms with E-state index in [-0.39, 0.29) is 5.78 Å². The number of hydrogen-bond donors (Lipinski definition) is 0. The van der Waals surface area contributed by atoms with Crippen molar-refractivity contribution in [1.29, 1.82) is 0 Å². The highest BCUT2D eigenvalue weighted by Gasteiger charge is 2.02. The molecule has 0 aromatic carbocycles. The largest absolute Gasteiger partial charge is 0.501 e. The number of aromatic nitrogens is 1. The maximum absolute atomic E-state index is 11.4. The molecule has 0 bridgehead atoms. The van der Waals surface area contributed by atoms with Gasteiger partial charge in [-0.2, -0.15) is 0 Å². The van der Waals surface area contributed by atoms with E-state index < -0.39 is 0 Å². The third-order valence-electron chi connectivity index (χ3n) is 1.46. The number of halogens is 1. The summed E-state index contributed by atoms with van der Waals surface area (Å²) in [6.45, 7) is 2.38. The number of carbonyl (C=O) groups is 1. The van der Waals surface area contributed by atoms with Gasteiger partial charge >= 0.3 is 0 Å². The SMILES string of the molecule is CCO/C=C/C(=O)c1ccc(Cl)cn1. The highest BCUT2D eigenvalue weighted by molar-refractivity contribution is 6.30. The van der Waals surface area contributed by atoms with Gasteiger partial charge in [0.1, 0.15) is 5.69 Å².